The van der Waals surface area contributed by atoms with E-state index in [0.29, 0.717) is 0 Å². The summed E-state index contributed by atoms with van der Waals surface area (Å²) in [6, 6.07) is 7.64. The molecule has 2 aromatic rings. The van der Waals surface area contributed by atoms with Crippen molar-refractivity contribution in [1.29, 1.82) is 0 Å². The van der Waals surface area contributed by atoms with Crippen molar-refractivity contribution in [2.24, 2.45) is 0 Å². The Labute approximate surface area is 274 Å². The van der Waals surface area contributed by atoms with Gasteiger partial charge in [0.1, 0.15) is 30.5 Å². The first-order valence-corrected chi connectivity index (χ1v) is 16.4. The van der Waals surface area contributed by atoms with Gasteiger partial charge in [0.25, 0.3) is 5.56 Å². The fourth-order valence-electron chi connectivity index (χ4n) is 4.25. The summed E-state index contributed by atoms with van der Waals surface area (Å²) in [5, 5.41) is 3.97. The molecule has 0 bridgehead atoms. The number of esters is 2. The average Bonchev–Trinajstić information content (AvgIpc) is 3.23. The van der Waals surface area contributed by atoms with E-state index in [4.69, 9.17) is 40.6 Å². The summed E-state index contributed by atoms with van der Waals surface area (Å²) < 4.78 is 64.0. The van der Waals surface area contributed by atoms with E-state index in [1.807, 2.05) is 4.98 Å². The van der Waals surface area contributed by atoms with E-state index in [1.54, 1.807) is 32.0 Å². The molecule has 0 spiro atoms. The van der Waals surface area contributed by atoms with Crippen LogP contribution in [-0.2, 0) is 55.0 Å². The molecule has 2 heterocycles. The van der Waals surface area contributed by atoms with Gasteiger partial charge in [0.15, 0.2) is 24.6 Å². The highest BCUT2D eigenvalue weighted by Gasteiger charge is 2.57. The van der Waals surface area contributed by atoms with E-state index in [-0.39, 0.29) is 5.75 Å². The van der Waals surface area contributed by atoms with Crippen LogP contribution in [-0.4, -0.2) is 82.6 Å². The second-order valence-corrected chi connectivity index (χ2v) is 13.2. The largest absolute Gasteiger partial charge is 0.780 e. The number of H-pyrrole nitrogens is 1. The molecular weight excluding hydrogens is 666 g/mol. The molecule has 47 heavy (non-hydrogen) atoms. The quantitative estimate of drug-likeness (QED) is 0.0975. The van der Waals surface area contributed by atoms with Crippen molar-refractivity contribution >= 4 is 38.2 Å². The molecule has 1 unspecified atom stereocenters. The molecule has 1 aromatic heterocycles. The highest BCUT2D eigenvalue weighted by Crippen LogP contribution is 2.48. The summed E-state index contributed by atoms with van der Waals surface area (Å²) in [5.74, 6) is -2.16. The molecule has 1 aliphatic heterocycles. The highest BCUT2D eigenvalue weighted by molar-refractivity contribution is 7.60. The van der Waals surface area contributed by atoms with Gasteiger partial charge in [-0.05, 0) is 39.8 Å². The molecule has 1 fully saturated rings. The summed E-state index contributed by atoms with van der Waals surface area (Å²) in [7, 11) is -4.45. The van der Waals surface area contributed by atoms with E-state index < -0.39 is 98.3 Å². The zero-order valence-corrected chi connectivity index (χ0v) is 27.9. The summed E-state index contributed by atoms with van der Waals surface area (Å²) in [5.41, 5.74) is -4.29. The number of ether oxygens (including phenoxy) is 4. The molecule has 1 aromatic carbocycles. The van der Waals surface area contributed by atoms with Gasteiger partial charge in [0.05, 0.1) is 12.7 Å². The zero-order chi connectivity index (χ0) is 34.9. The number of hydrogen-bond donors (Lipinski definition) is 3. The molecule has 1 amide bonds. The van der Waals surface area contributed by atoms with Crippen LogP contribution in [0, 0.1) is 0 Å². The molecule has 0 radical (unpaired) electrons. The normalized spacial score (nSPS) is 23.4. The molecule has 0 aliphatic carbocycles. The van der Waals surface area contributed by atoms with Crippen LogP contribution in [0.3, 0.4) is 0 Å². The van der Waals surface area contributed by atoms with Gasteiger partial charge in [0, 0.05) is 12.3 Å². The third-order valence-electron chi connectivity index (χ3n) is 6.46. The lowest BCUT2D eigenvalue weighted by molar-refractivity contribution is -0.170. The highest BCUT2D eigenvalue weighted by atomic mass is 32.1. The second-order valence-electron chi connectivity index (χ2n) is 10.8. The first-order chi connectivity index (χ1) is 22.0. The van der Waals surface area contributed by atoms with Crippen LogP contribution in [0.1, 0.15) is 40.8 Å². The number of benzene rings is 1. The Hall–Kier alpha value is -3.54. The van der Waals surface area contributed by atoms with Crippen LogP contribution in [0.15, 0.2) is 52.2 Å². The SMILES string of the molecule is CC(C)OC(=O)[C@H](C)N[P@](=O)(OC[C@H]1O[C@@H](n2ccc(=O)[nH]c2=O)[C@](C)(F)[C@@H]1OCOC(=O)CNC(=O)C(C)[S-])Oc1ccccc1. The van der Waals surface area contributed by atoms with Crippen LogP contribution in [0.4, 0.5) is 4.39 Å². The van der Waals surface area contributed by atoms with Crippen LogP contribution in [0.2, 0.25) is 0 Å². The van der Waals surface area contributed by atoms with E-state index in [9.17, 15) is 28.5 Å². The molecule has 19 heteroatoms. The number of rotatable bonds is 16. The van der Waals surface area contributed by atoms with E-state index >= 15 is 4.39 Å². The van der Waals surface area contributed by atoms with Crippen molar-refractivity contribution < 1.29 is 51.3 Å². The van der Waals surface area contributed by atoms with Crippen LogP contribution in [0.5, 0.6) is 5.75 Å². The number of nitrogens with zero attached hydrogens (tertiary/aromatic N) is 1. The zero-order valence-electron chi connectivity index (χ0n) is 26.2. The minimum atomic E-state index is -4.45. The van der Waals surface area contributed by atoms with Gasteiger partial charge in [-0.3, -0.25) is 33.3 Å². The molecule has 0 saturated carbocycles. The first kappa shape index (κ1) is 37.9. The topological polar surface area (TPSA) is 203 Å². The van der Waals surface area contributed by atoms with Crippen molar-refractivity contribution in [2.45, 2.75) is 76.1 Å². The van der Waals surface area contributed by atoms with Crippen molar-refractivity contribution in [3.05, 3.63) is 63.4 Å². The number of para-hydroxylation sites is 1. The molecule has 3 rings (SSSR count). The number of hydrogen-bond acceptors (Lipinski definition) is 13. The van der Waals surface area contributed by atoms with Gasteiger partial charge in [-0.25, -0.2) is 13.8 Å². The number of amides is 1. The number of nitrogens with one attached hydrogen (secondary N) is 3. The third-order valence-corrected chi connectivity index (χ3v) is 8.32. The Balaban J connectivity index is 1.85. The first-order valence-electron chi connectivity index (χ1n) is 14.4. The number of aromatic nitrogens is 2. The molecule has 3 N–H and O–H groups in total. The van der Waals surface area contributed by atoms with Gasteiger partial charge in [-0.1, -0.05) is 30.4 Å². The molecular formula is C28H37FN4O12PS-. The number of alkyl halides is 1. The minimum absolute atomic E-state index is 0.102. The smallest absolute Gasteiger partial charge is 0.459 e. The number of carbonyl (C=O) groups excluding carboxylic acids is 3. The van der Waals surface area contributed by atoms with E-state index in [0.717, 1.165) is 23.8 Å². The number of carbonyl (C=O) groups is 3. The maximum absolute atomic E-state index is 16.5. The Kier molecular flexibility index (Phi) is 13.3. The number of aromatic amines is 1. The lowest BCUT2D eigenvalue weighted by atomic mass is 9.98. The number of halogens is 1. The van der Waals surface area contributed by atoms with Crippen molar-refractivity contribution in [3.63, 3.8) is 0 Å². The second kappa shape index (κ2) is 16.5. The minimum Gasteiger partial charge on any atom is -0.780 e. The lowest BCUT2D eigenvalue weighted by Gasteiger charge is -2.28. The maximum Gasteiger partial charge on any atom is 0.459 e. The van der Waals surface area contributed by atoms with Crippen LogP contribution >= 0.6 is 7.75 Å². The Bertz CT molecular complexity index is 1550. The van der Waals surface area contributed by atoms with E-state index in [2.05, 4.69) is 10.4 Å². The van der Waals surface area contributed by atoms with Crippen LogP contribution in [0.25, 0.3) is 0 Å². The lowest BCUT2D eigenvalue weighted by Crippen LogP contribution is -2.46. The maximum atomic E-state index is 16.5. The van der Waals surface area contributed by atoms with Gasteiger partial charge in [-0.15, -0.1) is 0 Å². The Morgan fingerprint density at radius 2 is 1.83 bits per heavy atom. The molecule has 7 atom stereocenters. The molecule has 1 saturated heterocycles. The molecule has 1 aliphatic rings. The predicted molar refractivity (Wildman–Crippen MR) is 165 cm³/mol. The van der Waals surface area contributed by atoms with Gasteiger partial charge in [-0.2, -0.15) is 5.09 Å². The van der Waals surface area contributed by atoms with Gasteiger partial charge in [0.2, 0.25) is 0 Å². The summed E-state index contributed by atoms with van der Waals surface area (Å²) in [4.78, 5) is 62.4. The van der Waals surface area contributed by atoms with E-state index in [1.165, 1.54) is 26.0 Å². The van der Waals surface area contributed by atoms with Gasteiger partial charge >= 0.3 is 25.4 Å². The molecule has 16 nitrogen and oxygen atoms in total. The Morgan fingerprint density at radius 1 is 1.15 bits per heavy atom. The summed E-state index contributed by atoms with van der Waals surface area (Å²) in [6.45, 7) is 5.04. The average molecular weight is 704 g/mol. The molecule has 260 valence electrons. The fraction of sp³-hybridized carbons (Fsp3) is 0.536. The third kappa shape index (κ3) is 10.7. The monoisotopic (exact) mass is 703 g/mol. The van der Waals surface area contributed by atoms with Crippen LogP contribution < -0.4 is 26.2 Å². The standard InChI is InChI=1S/C28H38FN4O12PS/c1-16(2)43-25(37)17(3)32-46(39,45-19-9-7-6-8-10-19)42-14-20-23(41-15-40-22(35)13-30-24(36)18(4)47)28(5,29)26(44-20)33-12-11-21(34)31-27(33)38/h6-12,16-18,20,23,26,47H,13-15H2,1-5H3,(H,30,36)(H,32,39)(H,31,34,38)/p-1/t17-,18?,20+,23+,26+,28+,46-/m0/s1. The van der Waals surface area contributed by atoms with Crippen molar-refractivity contribution in [3.8, 4) is 5.75 Å². The summed E-state index contributed by atoms with van der Waals surface area (Å²) in [6.07, 6.45) is -4.26. The fourth-order valence-corrected chi connectivity index (χ4v) is 5.84. The van der Waals surface area contributed by atoms with Crippen molar-refractivity contribution in [2.75, 3.05) is 19.9 Å². The Morgan fingerprint density at radius 3 is 2.45 bits per heavy atom. The predicted octanol–water partition coefficient (Wildman–Crippen LogP) is 1.23. The van der Waals surface area contributed by atoms with Crippen molar-refractivity contribution in [1.82, 2.24) is 20.0 Å². The van der Waals surface area contributed by atoms with Gasteiger partial charge < -0.3 is 41.4 Å². The summed E-state index contributed by atoms with van der Waals surface area (Å²) >= 11 is 4.80.